The zero-order valence-corrected chi connectivity index (χ0v) is 8.30. The average molecular weight is 183 g/mol. The minimum atomic E-state index is -0.299. The number of hydrogen-bond donors (Lipinski definition) is 2. The number of hydrogen-bond acceptors (Lipinski definition) is 2. The van der Waals surface area contributed by atoms with Gasteiger partial charge in [-0.1, -0.05) is 0 Å². The summed E-state index contributed by atoms with van der Waals surface area (Å²) in [7, 11) is 4.00. The van der Waals surface area contributed by atoms with Crippen LogP contribution in [-0.4, -0.2) is 43.0 Å². The van der Waals surface area contributed by atoms with E-state index in [1.807, 2.05) is 14.1 Å². The molecule has 70 valence electrons. The Bertz CT molecular complexity index is 96.4. The lowest BCUT2D eigenvalue weighted by Gasteiger charge is -2.32. The first-order chi connectivity index (χ1) is 4.50. The van der Waals surface area contributed by atoms with Crippen LogP contribution in [0.1, 0.15) is 13.3 Å². The van der Waals surface area contributed by atoms with Crippen LogP contribution in [0.2, 0.25) is 0 Å². The predicted octanol–water partition coefficient (Wildman–Crippen LogP) is -3.25. The Morgan fingerprint density at radius 1 is 1.45 bits per heavy atom. The van der Waals surface area contributed by atoms with Crippen LogP contribution >= 0.6 is 0 Å². The van der Waals surface area contributed by atoms with Crippen LogP contribution in [0.5, 0.6) is 0 Å². The van der Waals surface area contributed by atoms with Crippen molar-refractivity contribution in [1.29, 1.82) is 0 Å². The van der Waals surface area contributed by atoms with Crippen molar-refractivity contribution in [3.63, 3.8) is 0 Å². The second kappa shape index (κ2) is 5.77. The standard InChI is InChI=1S/C7H19N2O.ClH/c1-7(10)9(2,3)6-4-5-8;/h7,10H,4-6,8H2,1-3H3;1H/q+1;/p-1. The van der Waals surface area contributed by atoms with E-state index in [0.717, 1.165) is 13.0 Å². The van der Waals surface area contributed by atoms with Gasteiger partial charge in [0.25, 0.3) is 0 Å². The van der Waals surface area contributed by atoms with E-state index in [9.17, 15) is 5.11 Å². The molecule has 0 aromatic heterocycles. The molecule has 0 saturated heterocycles. The van der Waals surface area contributed by atoms with Crippen molar-refractivity contribution in [2.24, 2.45) is 5.73 Å². The summed E-state index contributed by atoms with van der Waals surface area (Å²) >= 11 is 0. The number of aliphatic hydroxyl groups excluding tert-OH is 1. The normalized spacial score (nSPS) is 13.9. The summed E-state index contributed by atoms with van der Waals surface area (Å²) in [5.74, 6) is 0. The monoisotopic (exact) mass is 182 g/mol. The molecule has 3 N–H and O–H groups in total. The molecule has 0 bridgehead atoms. The van der Waals surface area contributed by atoms with Crippen LogP contribution < -0.4 is 18.1 Å². The maximum Gasteiger partial charge on any atom is 0.187 e. The maximum absolute atomic E-state index is 9.24. The second-order valence-electron chi connectivity index (χ2n) is 3.28. The molecule has 0 heterocycles. The third-order valence-electron chi connectivity index (χ3n) is 1.95. The van der Waals surface area contributed by atoms with E-state index in [4.69, 9.17) is 5.73 Å². The molecule has 0 rings (SSSR count). The molecule has 0 aromatic carbocycles. The highest BCUT2D eigenvalue weighted by Crippen LogP contribution is 2.03. The molecule has 0 aliphatic rings. The van der Waals surface area contributed by atoms with Gasteiger partial charge in [-0.05, 0) is 6.54 Å². The van der Waals surface area contributed by atoms with Crippen LogP contribution in [0.3, 0.4) is 0 Å². The van der Waals surface area contributed by atoms with Crippen molar-refractivity contribution in [2.75, 3.05) is 27.2 Å². The lowest BCUT2D eigenvalue weighted by molar-refractivity contribution is -0.934. The van der Waals surface area contributed by atoms with Crippen LogP contribution in [-0.2, 0) is 0 Å². The predicted molar refractivity (Wildman–Crippen MR) is 42.3 cm³/mol. The van der Waals surface area contributed by atoms with Crippen molar-refractivity contribution >= 4 is 0 Å². The van der Waals surface area contributed by atoms with Crippen molar-refractivity contribution in [3.05, 3.63) is 0 Å². The second-order valence-corrected chi connectivity index (χ2v) is 3.28. The van der Waals surface area contributed by atoms with E-state index in [-0.39, 0.29) is 18.6 Å². The molecule has 1 unspecified atom stereocenters. The van der Waals surface area contributed by atoms with E-state index in [1.54, 1.807) is 6.92 Å². The molecule has 0 radical (unpaired) electrons. The van der Waals surface area contributed by atoms with Gasteiger partial charge >= 0.3 is 0 Å². The van der Waals surface area contributed by atoms with E-state index >= 15 is 0 Å². The number of nitrogens with two attached hydrogens (primary N) is 1. The van der Waals surface area contributed by atoms with E-state index in [0.29, 0.717) is 11.0 Å². The van der Waals surface area contributed by atoms with Crippen molar-refractivity contribution in [3.8, 4) is 0 Å². The van der Waals surface area contributed by atoms with Crippen molar-refractivity contribution in [1.82, 2.24) is 0 Å². The summed E-state index contributed by atoms with van der Waals surface area (Å²) in [4.78, 5) is 0. The number of quaternary nitrogens is 1. The molecule has 0 aromatic rings. The summed E-state index contributed by atoms with van der Waals surface area (Å²) in [5, 5.41) is 9.24. The first-order valence-electron chi connectivity index (χ1n) is 3.71. The highest BCUT2D eigenvalue weighted by Gasteiger charge is 2.19. The topological polar surface area (TPSA) is 46.2 Å². The number of halogens is 1. The Hall–Kier alpha value is 0.170. The molecule has 1 atom stereocenters. The zero-order valence-electron chi connectivity index (χ0n) is 7.55. The largest absolute Gasteiger partial charge is 1.00 e. The van der Waals surface area contributed by atoms with Crippen LogP contribution in [0, 0.1) is 0 Å². The van der Waals surface area contributed by atoms with Crippen LogP contribution in [0.4, 0.5) is 0 Å². The minimum Gasteiger partial charge on any atom is -1.00 e. The molecular weight excluding hydrogens is 164 g/mol. The Morgan fingerprint density at radius 2 is 1.91 bits per heavy atom. The average Bonchev–Trinajstić information content (AvgIpc) is 1.84. The van der Waals surface area contributed by atoms with E-state index in [1.165, 1.54) is 0 Å². The quantitative estimate of drug-likeness (QED) is 0.355. The third kappa shape index (κ3) is 5.44. The smallest absolute Gasteiger partial charge is 0.187 e. The lowest BCUT2D eigenvalue weighted by atomic mass is 10.3. The molecule has 0 spiro atoms. The van der Waals surface area contributed by atoms with Crippen molar-refractivity contribution in [2.45, 2.75) is 19.6 Å². The molecule has 0 aliphatic carbocycles. The summed E-state index contributed by atoms with van der Waals surface area (Å²) in [6.07, 6.45) is 0.671. The molecule has 3 nitrogen and oxygen atoms in total. The van der Waals surface area contributed by atoms with Crippen LogP contribution in [0.15, 0.2) is 0 Å². The van der Waals surface area contributed by atoms with Crippen LogP contribution in [0.25, 0.3) is 0 Å². The van der Waals surface area contributed by atoms with Gasteiger partial charge in [-0.2, -0.15) is 0 Å². The first-order valence-corrected chi connectivity index (χ1v) is 3.71. The molecule has 11 heavy (non-hydrogen) atoms. The molecule has 0 amide bonds. The molecule has 0 aliphatic heterocycles. The Morgan fingerprint density at radius 3 is 2.18 bits per heavy atom. The van der Waals surface area contributed by atoms with Gasteiger partial charge in [0.15, 0.2) is 6.23 Å². The fraction of sp³-hybridized carbons (Fsp3) is 1.00. The third-order valence-corrected chi connectivity index (χ3v) is 1.95. The summed E-state index contributed by atoms with van der Waals surface area (Å²) < 4.78 is 0.636. The minimum absolute atomic E-state index is 0. The summed E-state index contributed by atoms with van der Waals surface area (Å²) in [6, 6.07) is 0. The number of rotatable bonds is 4. The summed E-state index contributed by atoms with van der Waals surface area (Å²) in [5.41, 5.74) is 5.34. The van der Waals surface area contributed by atoms with Gasteiger partial charge in [-0.3, -0.25) is 0 Å². The highest BCUT2D eigenvalue weighted by atomic mass is 35.5. The molecular formula is C7H19ClN2O. The Labute approximate surface area is 75.2 Å². The summed E-state index contributed by atoms with van der Waals surface area (Å²) in [6.45, 7) is 3.44. The SMILES string of the molecule is CC(O)[N+](C)(C)CCCN.[Cl-]. The van der Waals surface area contributed by atoms with Gasteiger partial charge in [0.05, 0.1) is 20.6 Å². The molecule has 4 heteroatoms. The van der Waals surface area contributed by atoms with Gasteiger partial charge in [0, 0.05) is 13.3 Å². The fourth-order valence-electron chi connectivity index (χ4n) is 0.686. The highest BCUT2D eigenvalue weighted by molar-refractivity contribution is 4.37. The zero-order chi connectivity index (χ0) is 8.20. The molecule has 0 fully saturated rings. The van der Waals surface area contributed by atoms with Crippen molar-refractivity contribution < 1.29 is 22.0 Å². The Balaban J connectivity index is 0. The van der Waals surface area contributed by atoms with Gasteiger partial charge < -0.3 is 27.7 Å². The van der Waals surface area contributed by atoms with E-state index in [2.05, 4.69) is 0 Å². The van der Waals surface area contributed by atoms with E-state index < -0.39 is 0 Å². The fourth-order valence-corrected chi connectivity index (χ4v) is 0.686. The lowest BCUT2D eigenvalue weighted by Crippen LogP contribution is -3.00. The Kier molecular flexibility index (Phi) is 7.21. The van der Waals surface area contributed by atoms with Gasteiger partial charge in [-0.15, -0.1) is 0 Å². The molecule has 0 saturated carbocycles. The van der Waals surface area contributed by atoms with Gasteiger partial charge in [0.1, 0.15) is 0 Å². The number of nitrogens with zero attached hydrogens (tertiary/aromatic N) is 1. The van der Waals surface area contributed by atoms with Gasteiger partial charge in [-0.25, -0.2) is 0 Å². The number of aliphatic hydroxyl groups is 1. The van der Waals surface area contributed by atoms with Gasteiger partial charge in [0.2, 0.25) is 0 Å². The maximum atomic E-state index is 9.24. The first kappa shape index (κ1) is 13.7.